The van der Waals surface area contributed by atoms with Crippen molar-refractivity contribution in [3.8, 4) is 0 Å². The van der Waals surface area contributed by atoms with E-state index in [1.165, 1.54) is 0 Å². The fraction of sp³-hybridized carbons (Fsp3) is 0.556. The molecule has 1 saturated heterocycles. The number of carbonyl (C=O) groups excluding carboxylic acids is 2. The summed E-state index contributed by atoms with van der Waals surface area (Å²) in [7, 11) is 0. The number of aliphatic hydroxyl groups is 1. The van der Waals surface area contributed by atoms with Gasteiger partial charge in [-0.05, 0) is 5.56 Å². The van der Waals surface area contributed by atoms with Crippen molar-refractivity contribution in [3.05, 3.63) is 35.9 Å². The van der Waals surface area contributed by atoms with Crippen LogP contribution in [0.4, 0.5) is 0 Å². The predicted molar refractivity (Wildman–Crippen MR) is 88.6 cm³/mol. The summed E-state index contributed by atoms with van der Waals surface area (Å²) in [6, 6.07) is 9.21. The Labute approximate surface area is 137 Å². The Kier molecular flexibility index (Phi) is 5.42. The molecule has 0 saturated carbocycles. The molecule has 5 nitrogen and oxygen atoms in total. The zero-order valence-corrected chi connectivity index (χ0v) is 14.2. The molecule has 23 heavy (non-hydrogen) atoms. The maximum absolute atomic E-state index is 12.3. The van der Waals surface area contributed by atoms with E-state index in [0.717, 1.165) is 5.56 Å². The van der Waals surface area contributed by atoms with Crippen LogP contribution in [-0.2, 0) is 9.59 Å². The summed E-state index contributed by atoms with van der Waals surface area (Å²) >= 11 is 0. The lowest BCUT2D eigenvalue weighted by molar-refractivity contribution is -0.145. The van der Waals surface area contributed by atoms with Crippen LogP contribution < -0.4 is 0 Å². The van der Waals surface area contributed by atoms with E-state index >= 15 is 0 Å². The quantitative estimate of drug-likeness (QED) is 0.925. The Morgan fingerprint density at radius 3 is 2.09 bits per heavy atom. The third-order valence-corrected chi connectivity index (χ3v) is 4.11. The highest BCUT2D eigenvalue weighted by atomic mass is 16.3. The molecule has 5 heteroatoms. The molecule has 0 aliphatic carbocycles. The van der Waals surface area contributed by atoms with Gasteiger partial charge in [-0.3, -0.25) is 9.59 Å². The lowest BCUT2D eigenvalue weighted by Gasteiger charge is -2.37. The minimum Gasteiger partial charge on any atom is -0.388 e. The van der Waals surface area contributed by atoms with Crippen molar-refractivity contribution in [3.63, 3.8) is 0 Å². The summed E-state index contributed by atoms with van der Waals surface area (Å²) in [6.45, 7) is 7.89. The molecule has 1 fully saturated rings. The Hall–Kier alpha value is -1.88. The summed E-state index contributed by atoms with van der Waals surface area (Å²) < 4.78 is 0. The molecule has 1 aliphatic rings. The number of piperazine rings is 1. The first-order valence-electron chi connectivity index (χ1n) is 8.09. The summed E-state index contributed by atoms with van der Waals surface area (Å²) in [5.74, 6) is 0.0538. The lowest BCUT2D eigenvalue weighted by Crippen LogP contribution is -2.53. The second-order valence-electron chi connectivity index (χ2n) is 7.05. The molecule has 0 spiro atoms. The molecule has 1 heterocycles. The van der Waals surface area contributed by atoms with Crippen LogP contribution in [0, 0.1) is 5.41 Å². The van der Waals surface area contributed by atoms with E-state index in [-0.39, 0.29) is 18.2 Å². The maximum atomic E-state index is 12.3. The van der Waals surface area contributed by atoms with Gasteiger partial charge in [0, 0.05) is 31.6 Å². The van der Waals surface area contributed by atoms with Gasteiger partial charge in [-0.25, -0.2) is 0 Å². The van der Waals surface area contributed by atoms with E-state index in [2.05, 4.69) is 0 Å². The van der Waals surface area contributed by atoms with Crippen LogP contribution in [0.2, 0.25) is 0 Å². The van der Waals surface area contributed by atoms with Gasteiger partial charge in [-0.1, -0.05) is 51.1 Å². The molecular weight excluding hydrogens is 292 g/mol. The highest BCUT2D eigenvalue weighted by Crippen LogP contribution is 2.20. The number of carbonyl (C=O) groups is 2. The first-order valence-corrected chi connectivity index (χ1v) is 8.09. The van der Waals surface area contributed by atoms with Crippen molar-refractivity contribution in [2.45, 2.75) is 33.3 Å². The molecule has 0 radical (unpaired) electrons. The van der Waals surface area contributed by atoms with Crippen molar-refractivity contribution in [2.75, 3.05) is 26.2 Å². The van der Waals surface area contributed by atoms with E-state index < -0.39 is 11.5 Å². The monoisotopic (exact) mass is 318 g/mol. The maximum Gasteiger partial charge on any atom is 0.228 e. The van der Waals surface area contributed by atoms with E-state index in [4.69, 9.17) is 0 Å². The van der Waals surface area contributed by atoms with Crippen LogP contribution in [0.1, 0.15) is 38.9 Å². The van der Waals surface area contributed by atoms with E-state index in [0.29, 0.717) is 26.2 Å². The van der Waals surface area contributed by atoms with Crippen molar-refractivity contribution in [1.29, 1.82) is 0 Å². The summed E-state index contributed by atoms with van der Waals surface area (Å²) in [5.41, 5.74) is 0.359. The van der Waals surface area contributed by atoms with Gasteiger partial charge < -0.3 is 14.9 Å². The Balaban J connectivity index is 1.85. The minimum atomic E-state index is -0.780. The average molecular weight is 318 g/mol. The van der Waals surface area contributed by atoms with Crippen LogP contribution in [0.25, 0.3) is 0 Å². The zero-order valence-electron chi connectivity index (χ0n) is 14.2. The molecule has 2 amide bonds. The van der Waals surface area contributed by atoms with Crippen molar-refractivity contribution in [2.24, 2.45) is 5.41 Å². The summed E-state index contributed by atoms with van der Waals surface area (Å²) in [5, 5.41) is 10.2. The van der Waals surface area contributed by atoms with E-state index in [1.807, 2.05) is 56.0 Å². The molecule has 1 atom stereocenters. The number of rotatable bonds is 3. The molecule has 1 unspecified atom stereocenters. The number of hydrogen-bond acceptors (Lipinski definition) is 3. The molecule has 0 bridgehead atoms. The fourth-order valence-corrected chi connectivity index (χ4v) is 2.72. The van der Waals surface area contributed by atoms with Gasteiger partial charge in [0.2, 0.25) is 11.8 Å². The number of aliphatic hydroxyl groups excluding tert-OH is 1. The van der Waals surface area contributed by atoms with Crippen LogP contribution in [0.5, 0.6) is 0 Å². The molecule has 1 aromatic carbocycles. The standard InChI is InChI=1S/C18H26N2O3/c1-18(2,3)17(23)20-11-9-19(10-12-20)16(22)13-15(21)14-7-5-4-6-8-14/h4-8,15,21H,9-13H2,1-3H3. The van der Waals surface area contributed by atoms with Crippen molar-refractivity contribution >= 4 is 11.8 Å². The molecule has 0 aromatic heterocycles. The van der Waals surface area contributed by atoms with Gasteiger partial charge in [0.1, 0.15) is 0 Å². The first kappa shape index (κ1) is 17.5. The van der Waals surface area contributed by atoms with Crippen LogP contribution in [0.15, 0.2) is 30.3 Å². The van der Waals surface area contributed by atoms with Crippen LogP contribution in [0.3, 0.4) is 0 Å². The molecule has 2 rings (SSSR count). The lowest BCUT2D eigenvalue weighted by atomic mass is 9.94. The molecule has 1 aromatic rings. The minimum absolute atomic E-state index is 0.0655. The number of hydrogen-bond donors (Lipinski definition) is 1. The van der Waals surface area contributed by atoms with E-state index in [9.17, 15) is 14.7 Å². The van der Waals surface area contributed by atoms with Crippen molar-refractivity contribution < 1.29 is 14.7 Å². The van der Waals surface area contributed by atoms with Gasteiger partial charge >= 0.3 is 0 Å². The smallest absolute Gasteiger partial charge is 0.228 e. The van der Waals surface area contributed by atoms with Gasteiger partial charge in [0.05, 0.1) is 12.5 Å². The molecular formula is C18H26N2O3. The third kappa shape index (κ3) is 4.55. The van der Waals surface area contributed by atoms with Gasteiger partial charge in [-0.2, -0.15) is 0 Å². The first-order chi connectivity index (χ1) is 10.8. The van der Waals surface area contributed by atoms with Crippen LogP contribution >= 0.6 is 0 Å². The highest BCUT2D eigenvalue weighted by molar-refractivity contribution is 5.82. The zero-order chi connectivity index (χ0) is 17.0. The normalized spacial score (nSPS) is 17.0. The highest BCUT2D eigenvalue weighted by Gasteiger charge is 2.31. The Morgan fingerprint density at radius 1 is 1.04 bits per heavy atom. The van der Waals surface area contributed by atoms with E-state index in [1.54, 1.807) is 4.90 Å². The number of nitrogens with zero attached hydrogens (tertiary/aromatic N) is 2. The molecule has 1 N–H and O–H groups in total. The predicted octanol–water partition coefficient (Wildman–Crippen LogP) is 1.83. The second kappa shape index (κ2) is 7.13. The number of benzene rings is 1. The van der Waals surface area contributed by atoms with Gasteiger partial charge in [0.15, 0.2) is 0 Å². The van der Waals surface area contributed by atoms with Gasteiger partial charge in [-0.15, -0.1) is 0 Å². The number of amides is 2. The molecule has 126 valence electrons. The fourth-order valence-electron chi connectivity index (χ4n) is 2.72. The Bertz CT molecular complexity index is 543. The summed E-state index contributed by atoms with van der Waals surface area (Å²) in [4.78, 5) is 28.1. The topological polar surface area (TPSA) is 60.9 Å². The average Bonchev–Trinajstić information content (AvgIpc) is 2.54. The second-order valence-corrected chi connectivity index (χ2v) is 7.05. The van der Waals surface area contributed by atoms with Crippen LogP contribution in [-0.4, -0.2) is 52.9 Å². The third-order valence-electron chi connectivity index (χ3n) is 4.11. The largest absolute Gasteiger partial charge is 0.388 e. The van der Waals surface area contributed by atoms with Crippen molar-refractivity contribution in [1.82, 2.24) is 9.80 Å². The molecule has 1 aliphatic heterocycles. The Morgan fingerprint density at radius 2 is 1.57 bits per heavy atom. The van der Waals surface area contributed by atoms with Gasteiger partial charge in [0.25, 0.3) is 0 Å². The SMILES string of the molecule is CC(C)(C)C(=O)N1CCN(C(=O)CC(O)c2ccccc2)CC1. The summed E-state index contributed by atoms with van der Waals surface area (Å²) in [6.07, 6.45) is -0.699.